The van der Waals surface area contributed by atoms with Crippen LogP contribution in [0.2, 0.25) is 0 Å². The third-order valence-electron chi connectivity index (χ3n) is 2.29. The van der Waals surface area contributed by atoms with Crippen molar-refractivity contribution < 1.29 is 9.53 Å². The quantitative estimate of drug-likeness (QED) is 0.370. The standard InChI is InChI=1S/C12H16BrN3O2S.BrH/c1-18-5-4-16-11(17)10-3-2-9(13)6-8(10)7-19-12(14)15;/h2-3,6H,4-5,7H2,1H3,(H3,14,15)(H,16,17);1H. The van der Waals surface area contributed by atoms with E-state index in [0.29, 0.717) is 24.5 Å². The van der Waals surface area contributed by atoms with Crippen LogP contribution in [0, 0.1) is 5.41 Å². The Bertz CT molecular complexity index is 472. The number of carbonyl (C=O) groups excluding carboxylic acids is 1. The van der Waals surface area contributed by atoms with Gasteiger partial charge in [0.2, 0.25) is 0 Å². The largest absolute Gasteiger partial charge is 0.383 e. The lowest BCUT2D eigenvalue weighted by molar-refractivity contribution is 0.0936. The average Bonchev–Trinajstić information content (AvgIpc) is 2.36. The molecule has 0 saturated heterocycles. The van der Waals surface area contributed by atoms with Gasteiger partial charge in [-0.25, -0.2) is 0 Å². The highest BCUT2D eigenvalue weighted by Gasteiger charge is 2.11. The molecule has 0 saturated carbocycles. The van der Waals surface area contributed by atoms with Gasteiger partial charge in [0.05, 0.1) is 6.61 Å². The van der Waals surface area contributed by atoms with Gasteiger partial charge in [0, 0.05) is 29.4 Å². The van der Waals surface area contributed by atoms with Crippen molar-refractivity contribution in [2.24, 2.45) is 5.73 Å². The van der Waals surface area contributed by atoms with E-state index in [9.17, 15) is 4.79 Å². The van der Waals surface area contributed by atoms with E-state index in [0.717, 1.165) is 10.0 Å². The summed E-state index contributed by atoms with van der Waals surface area (Å²) in [4.78, 5) is 12.0. The molecule has 1 aromatic carbocycles. The Morgan fingerprint density at radius 3 is 2.85 bits per heavy atom. The van der Waals surface area contributed by atoms with E-state index in [4.69, 9.17) is 15.9 Å². The van der Waals surface area contributed by atoms with E-state index in [-0.39, 0.29) is 28.1 Å². The highest BCUT2D eigenvalue weighted by molar-refractivity contribution is 9.10. The SMILES string of the molecule is Br.COCCNC(=O)c1ccc(Br)cc1CSC(=N)N. The second-order valence-electron chi connectivity index (χ2n) is 3.70. The highest BCUT2D eigenvalue weighted by Crippen LogP contribution is 2.21. The maximum atomic E-state index is 12.0. The van der Waals surface area contributed by atoms with Crippen LogP contribution in [-0.4, -0.2) is 31.3 Å². The maximum Gasteiger partial charge on any atom is 0.251 e. The molecule has 0 aromatic heterocycles. The van der Waals surface area contributed by atoms with Crippen LogP contribution in [0.4, 0.5) is 0 Å². The molecular formula is C12H17Br2N3O2S. The summed E-state index contributed by atoms with van der Waals surface area (Å²) < 4.78 is 5.77. The van der Waals surface area contributed by atoms with Gasteiger partial charge in [-0.3, -0.25) is 10.2 Å². The van der Waals surface area contributed by atoms with Gasteiger partial charge >= 0.3 is 0 Å². The number of hydrogen-bond acceptors (Lipinski definition) is 4. The van der Waals surface area contributed by atoms with Gasteiger partial charge in [-0.05, 0) is 23.8 Å². The summed E-state index contributed by atoms with van der Waals surface area (Å²) >= 11 is 4.56. The Labute approximate surface area is 141 Å². The van der Waals surface area contributed by atoms with Crippen LogP contribution in [0.5, 0.6) is 0 Å². The number of nitrogens with one attached hydrogen (secondary N) is 2. The predicted octanol–water partition coefficient (Wildman–Crippen LogP) is 2.53. The van der Waals surface area contributed by atoms with Gasteiger partial charge in [0.15, 0.2) is 5.17 Å². The van der Waals surface area contributed by atoms with E-state index < -0.39 is 0 Å². The molecule has 0 fully saturated rings. The number of benzene rings is 1. The van der Waals surface area contributed by atoms with Gasteiger partial charge in [0.25, 0.3) is 5.91 Å². The van der Waals surface area contributed by atoms with Crippen molar-refractivity contribution in [3.05, 3.63) is 33.8 Å². The molecule has 0 aliphatic heterocycles. The zero-order chi connectivity index (χ0) is 14.3. The van der Waals surface area contributed by atoms with Crippen molar-refractivity contribution in [2.45, 2.75) is 5.75 Å². The second-order valence-corrected chi connectivity index (χ2v) is 5.64. The minimum atomic E-state index is -0.149. The molecular weight excluding hydrogens is 410 g/mol. The second kappa shape index (κ2) is 10.2. The predicted molar refractivity (Wildman–Crippen MR) is 91.9 cm³/mol. The molecule has 1 aromatic rings. The van der Waals surface area contributed by atoms with E-state index in [1.54, 1.807) is 13.2 Å². The molecule has 0 atom stereocenters. The van der Waals surface area contributed by atoms with Crippen molar-refractivity contribution in [1.82, 2.24) is 5.32 Å². The number of ether oxygens (including phenoxy) is 1. The van der Waals surface area contributed by atoms with Crippen molar-refractivity contribution >= 4 is 55.7 Å². The van der Waals surface area contributed by atoms with Gasteiger partial charge in [-0.2, -0.15) is 0 Å². The van der Waals surface area contributed by atoms with Crippen molar-refractivity contribution in [2.75, 3.05) is 20.3 Å². The first-order chi connectivity index (χ1) is 9.04. The number of amides is 1. The molecule has 0 aliphatic rings. The van der Waals surface area contributed by atoms with Crippen molar-refractivity contribution in [1.29, 1.82) is 5.41 Å². The lowest BCUT2D eigenvalue weighted by Gasteiger charge is -2.10. The van der Waals surface area contributed by atoms with Gasteiger partial charge in [-0.1, -0.05) is 27.7 Å². The monoisotopic (exact) mass is 425 g/mol. The first-order valence-corrected chi connectivity index (χ1v) is 7.35. The Kier molecular flexibility index (Phi) is 9.91. The third-order valence-corrected chi connectivity index (χ3v) is 3.55. The highest BCUT2D eigenvalue weighted by atomic mass is 79.9. The molecule has 0 unspecified atom stereocenters. The molecule has 112 valence electrons. The van der Waals surface area contributed by atoms with E-state index in [2.05, 4.69) is 21.2 Å². The van der Waals surface area contributed by atoms with Crippen LogP contribution < -0.4 is 11.1 Å². The summed E-state index contributed by atoms with van der Waals surface area (Å²) in [5.41, 5.74) is 6.75. The molecule has 0 radical (unpaired) electrons. The molecule has 8 heteroatoms. The average molecular weight is 427 g/mol. The van der Waals surface area contributed by atoms with Crippen LogP contribution in [0.25, 0.3) is 0 Å². The number of halogens is 2. The fraction of sp³-hybridized carbons (Fsp3) is 0.333. The molecule has 5 nitrogen and oxygen atoms in total. The van der Waals surface area contributed by atoms with Crippen LogP contribution in [0.15, 0.2) is 22.7 Å². The van der Waals surface area contributed by atoms with Crippen LogP contribution in [0.3, 0.4) is 0 Å². The van der Waals surface area contributed by atoms with Crippen LogP contribution in [0.1, 0.15) is 15.9 Å². The summed E-state index contributed by atoms with van der Waals surface area (Å²) in [7, 11) is 1.58. The smallest absolute Gasteiger partial charge is 0.251 e. The summed E-state index contributed by atoms with van der Waals surface area (Å²) in [6, 6.07) is 5.43. The number of carbonyl (C=O) groups is 1. The zero-order valence-corrected chi connectivity index (χ0v) is 15.1. The number of thioether (sulfide) groups is 1. The summed E-state index contributed by atoms with van der Waals surface area (Å²) in [5.74, 6) is 0.339. The van der Waals surface area contributed by atoms with E-state index >= 15 is 0 Å². The Morgan fingerprint density at radius 1 is 1.55 bits per heavy atom. The first kappa shape index (κ1) is 19.4. The van der Waals surface area contributed by atoms with Crippen molar-refractivity contribution in [3.63, 3.8) is 0 Å². The zero-order valence-electron chi connectivity index (χ0n) is 10.9. The first-order valence-electron chi connectivity index (χ1n) is 5.57. The molecule has 1 rings (SSSR count). The third kappa shape index (κ3) is 6.74. The number of amidine groups is 1. The minimum absolute atomic E-state index is 0. The number of nitrogens with two attached hydrogens (primary N) is 1. The Hall–Kier alpha value is -0.570. The van der Waals surface area contributed by atoms with Crippen molar-refractivity contribution in [3.8, 4) is 0 Å². The summed E-state index contributed by atoms with van der Waals surface area (Å²) in [6.07, 6.45) is 0. The molecule has 4 N–H and O–H groups in total. The topological polar surface area (TPSA) is 88.2 Å². The minimum Gasteiger partial charge on any atom is -0.383 e. The number of methoxy groups -OCH3 is 1. The van der Waals surface area contributed by atoms with Crippen LogP contribution in [-0.2, 0) is 10.5 Å². The Balaban J connectivity index is 0.00000361. The molecule has 20 heavy (non-hydrogen) atoms. The molecule has 1 amide bonds. The number of hydrogen-bond donors (Lipinski definition) is 3. The normalized spacial score (nSPS) is 9.70. The lowest BCUT2D eigenvalue weighted by atomic mass is 10.1. The van der Waals surface area contributed by atoms with E-state index in [1.165, 1.54) is 11.8 Å². The summed E-state index contributed by atoms with van der Waals surface area (Å²) in [5, 5.41) is 10.0. The van der Waals surface area contributed by atoms with Crippen LogP contribution >= 0.6 is 44.7 Å². The van der Waals surface area contributed by atoms with Gasteiger partial charge in [0.1, 0.15) is 0 Å². The molecule has 0 spiro atoms. The molecule has 0 aliphatic carbocycles. The van der Waals surface area contributed by atoms with E-state index in [1.807, 2.05) is 12.1 Å². The summed E-state index contributed by atoms with van der Waals surface area (Å²) in [6.45, 7) is 0.935. The maximum absolute atomic E-state index is 12.0. The Morgan fingerprint density at radius 2 is 2.25 bits per heavy atom. The lowest BCUT2D eigenvalue weighted by Crippen LogP contribution is -2.27. The van der Waals surface area contributed by atoms with Gasteiger partial charge in [-0.15, -0.1) is 17.0 Å². The molecule has 0 heterocycles. The number of rotatable bonds is 6. The fourth-order valence-corrected chi connectivity index (χ4v) is 2.38. The fourth-order valence-electron chi connectivity index (χ4n) is 1.42. The van der Waals surface area contributed by atoms with Gasteiger partial charge < -0.3 is 15.8 Å². The molecule has 0 bridgehead atoms.